The molecule has 1 fully saturated rings. The number of carbonyl (C=O) groups is 1. The maximum atomic E-state index is 13.6. The zero-order valence-electron chi connectivity index (χ0n) is 20.5. The summed E-state index contributed by atoms with van der Waals surface area (Å²) in [6.07, 6.45) is 0.00340. The standard InChI is InChI=1S/C30H27F3N2O2/c1-20-25(22-11-13-24(14-12-22)37-30(31,32)33)8-4-9-26(20)29(36)35-17-5-6-21(19-35)18-23-15-16-34-28-10-3-2-7-27(23)28/h2-4,7-16,21H,5-6,17-19H2,1H3/t21-/m1/s1. The Morgan fingerprint density at radius 3 is 2.59 bits per heavy atom. The Hall–Kier alpha value is -3.87. The zero-order chi connectivity index (χ0) is 26.0. The number of benzene rings is 3. The van der Waals surface area contributed by atoms with Gasteiger partial charge in [-0.25, -0.2) is 0 Å². The van der Waals surface area contributed by atoms with Gasteiger partial charge in [-0.2, -0.15) is 0 Å². The molecule has 190 valence electrons. The molecule has 5 rings (SSSR count). The minimum Gasteiger partial charge on any atom is -0.406 e. The molecule has 0 unspecified atom stereocenters. The van der Waals surface area contributed by atoms with Crippen molar-refractivity contribution in [3.8, 4) is 16.9 Å². The molecule has 7 heteroatoms. The van der Waals surface area contributed by atoms with E-state index in [0.29, 0.717) is 24.6 Å². The van der Waals surface area contributed by atoms with Crippen molar-refractivity contribution in [3.05, 3.63) is 95.7 Å². The van der Waals surface area contributed by atoms with E-state index in [0.717, 1.165) is 46.9 Å². The van der Waals surface area contributed by atoms with Gasteiger partial charge < -0.3 is 9.64 Å². The number of aromatic nitrogens is 1. The van der Waals surface area contributed by atoms with Crippen LogP contribution >= 0.6 is 0 Å². The smallest absolute Gasteiger partial charge is 0.406 e. The quantitative estimate of drug-likeness (QED) is 0.289. The summed E-state index contributed by atoms with van der Waals surface area (Å²) in [5, 5.41) is 1.16. The van der Waals surface area contributed by atoms with Crippen molar-refractivity contribution < 1.29 is 22.7 Å². The molecule has 0 saturated carbocycles. The molecule has 1 aliphatic rings. The van der Waals surface area contributed by atoms with Crippen molar-refractivity contribution in [2.75, 3.05) is 13.1 Å². The number of fused-ring (bicyclic) bond motifs is 1. The fourth-order valence-corrected chi connectivity index (χ4v) is 5.25. The monoisotopic (exact) mass is 504 g/mol. The van der Waals surface area contributed by atoms with Gasteiger partial charge in [-0.05, 0) is 84.7 Å². The van der Waals surface area contributed by atoms with Crippen molar-refractivity contribution in [2.45, 2.75) is 32.5 Å². The predicted octanol–water partition coefficient (Wildman–Crippen LogP) is 7.20. The third kappa shape index (κ3) is 5.61. The lowest BCUT2D eigenvalue weighted by atomic mass is 9.89. The van der Waals surface area contributed by atoms with Crippen molar-refractivity contribution in [1.29, 1.82) is 0 Å². The average Bonchev–Trinajstić information content (AvgIpc) is 2.89. The van der Waals surface area contributed by atoms with E-state index < -0.39 is 6.36 Å². The van der Waals surface area contributed by atoms with Gasteiger partial charge in [0.05, 0.1) is 5.52 Å². The topological polar surface area (TPSA) is 42.4 Å². The third-order valence-electron chi connectivity index (χ3n) is 7.02. The van der Waals surface area contributed by atoms with E-state index >= 15 is 0 Å². The van der Waals surface area contributed by atoms with Crippen LogP contribution < -0.4 is 4.74 Å². The predicted molar refractivity (Wildman–Crippen MR) is 137 cm³/mol. The summed E-state index contributed by atoms with van der Waals surface area (Å²) in [6, 6.07) is 21.4. The summed E-state index contributed by atoms with van der Waals surface area (Å²) >= 11 is 0. The summed E-state index contributed by atoms with van der Waals surface area (Å²) in [7, 11) is 0. The molecule has 4 nitrogen and oxygen atoms in total. The number of halogens is 3. The van der Waals surface area contributed by atoms with Crippen LogP contribution in [-0.4, -0.2) is 35.2 Å². The highest BCUT2D eigenvalue weighted by Crippen LogP contribution is 2.31. The second-order valence-corrected chi connectivity index (χ2v) is 9.50. The molecule has 1 atom stereocenters. The lowest BCUT2D eigenvalue weighted by Crippen LogP contribution is -2.40. The number of alkyl halides is 3. The minimum absolute atomic E-state index is 0.0133. The molecule has 37 heavy (non-hydrogen) atoms. The lowest BCUT2D eigenvalue weighted by molar-refractivity contribution is -0.274. The number of carbonyl (C=O) groups excluding carboxylic acids is 1. The number of pyridine rings is 1. The molecular weight excluding hydrogens is 477 g/mol. The summed E-state index contributed by atoms with van der Waals surface area (Å²) in [4.78, 5) is 20.0. The van der Waals surface area contributed by atoms with Crippen LogP contribution in [0.5, 0.6) is 5.75 Å². The summed E-state index contributed by atoms with van der Waals surface area (Å²) in [6.45, 7) is 3.27. The van der Waals surface area contributed by atoms with Crippen LogP contribution in [0.4, 0.5) is 13.2 Å². The molecule has 1 amide bonds. The average molecular weight is 505 g/mol. The molecular formula is C30H27F3N2O2. The first-order valence-corrected chi connectivity index (χ1v) is 12.4. The number of nitrogens with zero attached hydrogens (tertiary/aromatic N) is 2. The highest BCUT2D eigenvalue weighted by molar-refractivity contribution is 5.97. The van der Waals surface area contributed by atoms with Gasteiger partial charge in [0, 0.05) is 30.2 Å². The SMILES string of the molecule is Cc1c(C(=O)N2CCC[C@H](Cc3ccnc4ccccc34)C2)cccc1-c1ccc(OC(F)(F)F)cc1. The Kier molecular flexibility index (Phi) is 6.87. The van der Waals surface area contributed by atoms with Crippen LogP contribution in [0, 0.1) is 12.8 Å². The number of hydrogen-bond acceptors (Lipinski definition) is 3. The summed E-state index contributed by atoms with van der Waals surface area (Å²) < 4.78 is 41.5. The maximum Gasteiger partial charge on any atom is 0.573 e. The Balaban J connectivity index is 1.33. The second-order valence-electron chi connectivity index (χ2n) is 9.50. The van der Waals surface area contributed by atoms with Crippen LogP contribution in [-0.2, 0) is 6.42 Å². The molecule has 4 aromatic rings. The first-order chi connectivity index (χ1) is 17.8. The minimum atomic E-state index is -4.74. The van der Waals surface area contributed by atoms with Crippen molar-refractivity contribution in [2.24, 2.45) is 5.92 Å². The van der Waals surface area contributed by atoms with Gasteiger partial charge in [0.1, 0.15) is 5.75 Å². The highest BCUT2D eigenvalue weighted by Gasteiger charge is 2.31. The van der Waals surface area contributed by atoms with E-state index in [4.69, 9.17) is 0 Å². The first-order valence-electron chi connectivity index (χ1n) is 12.4. The molecule has 0 aliphatic carbocycles. The number of likely N-dealkylation sites (tertiary alicyclic amines) is 1. The number of hydrogen-bond donors (Lipinski definition) is 0. The van der Waals surface area contributed by atoms with E-state index in [1.54, 1.807) is 12.1 Å². The number of rotatable bonds is 5. The fraction of sp³-hybridized carbons (Fsp3) is 0.267. The fourth-order valence-electron chi connectivity index (χ4n) is 5.25. The van der Waals surface area contributed by atoms with Crippen LogP contribution in [0.2, 0.25) is 0 Å². The van der Waals surface area contributed by atoms with Gasteiger partial charge in [-0.15, -0.1) is 13.2 Å². The van der Waals surface area contributed by atoms with Gasteiger partial charge in [0.25, 0.3) is 5.91 Å². The van der Waals surface area contributed by atoms with E-state index in [1.165, 1.54) is 17.7 Å². The zero-order valence-corrected chi connectivity index (χ0v) is 20.5. The third-order valence-corrected chi connectivity index (χ3v) is 7.02. The Morgan fingerprint density at radius 2 is 1.81 bits per heavy atom. The normalized spacial score (nSPS) is 16.1. The largest absolute Gasteiger partial charge is 0.573 e. The van der Waals surface area contributed by atoms with E-state index in [1.807, 2.05) is 54.4 Å². The number of amides is 1. The van der Waals surface area contributed by atoms with Crippen molar-refractivity contribution >= 4 is 16.8 Å². The molecule has 0 spiro atoms. The van der Waals surface area contributed by atoms with Gasteiger partial charge in [-0.3, -0.25) is 9.78 Å². The summed E-state index contributed by atoms with van der Waals surface area (Å²) in [5.74, 6) is 0.0660. The van der Waals surface area contributed by atoms with Gasteiger partial charge in [-0.1, -0.05) is 42.5 Å². The van der Waals surface area contributed by atoms with E-state index in [9.17, 15) is 18.0 Å². The van der Waals surface area contributed by atoms with Gasteiger partial charge >= 0.3 is 6.36 Å². The molecule has 2 heterocycles. The maximum absolute atomic E-state index is 13.6. The molecule has 0 N–H and O–H groups in total. The number of piperidine rings is 1. The second kappa shape index (κ2) is 10.2. The first kappa shape index (κ1) is 24.8. The Bertz CT molecular complexity index is 1410. The molecule has 1 aliphatic heterocycles. The molecule has 1 saturated heterocycles. The van der Waals surface area contributed by atoms with Crippen molar-refractivity contribution in [1.82, 2.24) is 9.88 Å². The molecule has 0 radical (unpaired) electrons. The molecule has 1 aromatic heterocycles. The van der Waals surface area contributed by atoms with Crippen molar-refractivity contribution in [3.63, 3.8) is 0 Å². The molecule has 0 bridgehead atoms. The van der Waals surface area contributed by atoms with Crippen LogP contribution in [0.25, 0.3) is 22.0 Å². The number of ether oxygens (including phenoxy) is 1. The lowest BCUT2D eigenvalue weighted by Gasteiger charge is -2.33. The Morgan fingerprint density at radius 1 is 1.03 bits per heavy atom. The van der Waals surface area contributed by atoms with Crippen LogP contribution in [0.3, 0.4) is 0 Å². The summed E-state index contributed by atoms with van der Waals surface area (Å²) in [5.41, 5.74) is 5.18. The van der Waals surface area contributed by atoms with Crippen LogP contribution in [0.1, 0.15) is 34.3 Å². The Labute approximate surface area is 213 Å². The highest BCUT2D eigenvalue weighted by atomic mass is 19.4. The van der Waals surface area contributed by atoms with E-state index in [2.05, 4.69) is 21.9 Å². The van der Waals surface area contributed by atoms with Crippen LogP contribution in [0.15, 0.2) is 79.0 Å². The number of para-hydroxylation sites is 1. The van der Waals surface area contributed by atoms with E-state index in [-0.39, 0.29) is 11.7 Å². The van der Waals surface area contributed by atoms with Gasteiger partial charge in [0.15, 0.2) is 0 Å². The van der Waals surface area contributed by atoms with Gasteiger partial charge in [0.2, 0.25) is 0 Å². The molecule has 3 aromatic carbocycles.